The molecule has 0 saturated carbocycles. The van der Waals surface area contributed by atoms with E-state index in [4.69, 9.17) is 15.2 Å². The molecule has 2 heterocycles. The Kier molecular flexibility index (Phi) is 4.26. The molecule has 0 saturated heterocycles. The van der Waals surface area contributed by atoms with Gasteiger partial charge in [-0.1, -0.05) is 6.07 Å². The van der Waals surface area contributed by atoms with Gasteiger partial charge in [0.25, 0.3) is 5.91 Å². The zero-order valence-corrected chi connectivity index (χ0v) is 13.0. The van der Waals surface area contributed by atoms with Crippen molar-refractivity contribution < 1.29 is 14.3 Å². The SMILES string of the molecule is CC(NC(=O)c1csc(CN)n1)c1ccc2c(c1)OCCO2. The van der Waals surface area contributed by atoms with Gasteiger partial charge >= 0.3 is 0 Å². The molecule has 7 heteroatoms. The van der Waals surface area contributed by atoms with E-state index in [0.717, 1.165) is 16.3 Å². The molecule has 2 aromatic rings. The standard InChI is InChI=1S/C15H17N3O3S/c1-9(17-15(19)11-8-22-14(7-16)18-11)10-2-3-12-13(6-10)21-5-4-20-12/h2-3,6,8-9H,4-5,7,16H2,1H3,(H,17,19). The minimum Gasteiger partial charge on any atom is -0.486 e. The summed E-state index contributed by atoms with van der Waals surface area (Å²) in [5, 5.41) is 5.39. The first kappa shape index (κ1) is 14.8. The van der Waals surface area contributed by atoms with Crippen LogP contribution in [0.25, 0.3) is 0 Å². The average Bonchev–Trinajstić information content (AvgIpc) is 3.03. The van der Waals surface area contributed by atoms with E-state index < -0.39 is 0 Å². The number of aromatic nitrogens is 1. The van der Waals surface area contributed by atoms with E-state index in [1.165, 1.54) is 11.3 Å². The quantitative estimate of drug-likeness (QED) is 0.898. The molecule has 1 aliphatic heterocycles. The summed E-state index contributed by atoms with van der Waals surface area (Å²) in [5.74, 6) is 1.24. The molecule has 0 aliphatic carbocycles. The molecule has 3 N–H and O–H groups in total. The van der Waals surface area contributed by atoms with Crippen LogP contribution in [-0.4, -0.2) is 24.1 Å². The van der Waals surface area contributed by atoms with Crippen molar-refractivity contribution in [3.05, 3.63) is 39.8 Å². The molecule has 1 unspecified atom stereocenters. The fourth-order valence-corrected chi connectivity index (χ4v) is 2.85. The normalized spacial score (nSPS) is 14.5. The second kappa shape index (κ2) is 6.33. The highest BCUT2D eigenvalue weighted by atomic mass is 32.1. The minimum absolute atomic E-state index is 0.161. The van der Waals surface area contributed by atoms with E-state index in [2.05, 4.69) is 10.3 Å². The van der Waals surface area contributed by atoms with Crippen LogP contribution in [0.5, 0.6) is 11.5 Å². The summed E-state index contributed by atoms with van der Waals surface area (Å²) in [7, 11) is 0. The fourth-order valence-electron chi connectivity index (χ4n) is 2.19. The number of nitrogens with two attached hydrogens (primary N) is 1. The summed E-state index contributed by atoms with van der Waals surface area (Å²) in [6.45, 7) is 3.36. The molecule has 1 aromatic carbocycles. The topological polar surface area (TPSA) is 86.5 Å². The smallest absolute Gasteiger partial charge is 0.271 e. The van der Waals surface area contributed by atoms with Crippen LogP contribution in [0.1, 0.15) is 34.0 Å². The largest absolute Gasteiger partial charge is 0.486 e. The molecule has 6 nitrogen and oxygen atoms in total. The Morgan fingerprint density at radius 2 is 2.18 bits per heavy atom. The number of amides is 1. The molecular formula is C15H17N3O3S. The van der Waals surface area contributed by atoms with Crippen molar-refractivity contribution in [3.8, 4) is 11.5 Å². The van der Waals surface area contributed by atoms with Gasteiger partial charge in [0, 0.05) is 11.9 Å². The molecule has 0 bridgehead atoms. The maximum absolute atomic E-state index is 12.2. The van der Waals surface area contributed by atoms with Gasteiger partial charge in [0.1, 0.15) is 23.9 Å². The minimum atomic E-state index is -0.210. The summed E-state index contributed by atoms with van der Waals surface area (Å²) >= 11 is 1.39. The summed E-state index contributed by atoms with van der Waals surface area (Å²) < 4.78 is 11.1. The van der Waals surface area contributed by atoms with E-state index in [0.29, 0.717) is 31.2 Å². The van der Waals surface area contributed by atoms with Gasteiger partial charge in [-0.2, -0.15) is 0 Å². The lowest BCUT2D eigenvalue weighted by molar-refractivity contribution is 0.0935. The number of hydrogen-bond acceptors (Lipinski definition) is 6. The molecule has 0 spiro atoms. The number of carbonyl (C=O) groups excluding carboxylic acids is 1. The molecule has 0 radical (unpaired) electrons. The third kappa shape index (κ3) is 3.05. The van der Waals surface area contributed by atoms with E-state index in [9.17, 15) is 4.79 Å². The zero-order chi connectivity index (χ0) is 15.5. The van der Waals surface area contributed by atoms with Crippen molar-refractivity contribution in [2.75, 3.05) is 13.2 Å². The van der Waals surface area contributed by atoms with Crippen LogP contribution < -0.4 is 20.5 Å². The number of nitrogens with zero attached hydrogens (tertiary/aromatic N) is 1. The van der Waals surface area contributed by atoms with Gasteiger partial charge in [-0.05, 0) is 24.6 Å². The highest BCUT2D eigenvalue weighted by Gasteiger charge is 2.17. The molecule has 1 amide bonds. The molecule has 1 aliphatic rings. The Balaban J connectivity index is 1.71. The van der Waals surface area contributed by atoms with Crippen LogP contribution in [0.15, 0.2) is 23.6 Å². The number of fused-ring (bicyclic) bond motifs is 1. The molecule has 22 heavy (non-hydrogen) atoms. The van der Waals surface area contributed by atoms with Gasteiger partial charge in [-0.15, -0.1) is 11.3 Å². The third-order valence-corrected chi connectivity index (χ3v) is 4.24. The number of rotatable bonds is 4. The van der Waals surface area contributed by atoms with Crippen molar-refractivity contribution in [2.45, 2.75) is 19.5 Å². The molecule has 0 fully saturated rings. The fraction of sp³-hybridized carbons (Fsp3) is 0.333. The predicted molar refractivity (Wildman–Crippen MR) is 83.3 cm³/mol. The van der Waals surface area contributed by atoms with Gasteiger partial charge in [-0.25, -0.2) is 4.98 Å². The van der Waals surface area contributed by atoms with Crippen molar-refractivity contribution >= 4 is 17.2 Å². The maximum atomic E-state index is 12.2. The van der Waals surface area contributed by atoms with E-state index >= 15 is 0 Å². The summed E-state index contributed by atoms with van der Waals surface area (Å²) in [6, 6.07) is 5.52. The highest BCUT2D eigenvalue weighted by molar-refractivity contribution is 7.09. The van der Waals surface area contributed by atoms with Crippen LogP contribution in [0.3, 0.4) is 0 Å². The monoisotopic (exact) mass is 319 g/mol. The van der Waals surface area contributed by atoms with E-state index in [1.54, 1.807) is 5.38 Å². The number of carbonyl (C=O) groups is 1. The number of hydrogen-bond donors (Lipinski definition) is 2. The number of benzene rings is 1. The average molecular weight is 319 g/mol. The second-order valence-corrected chi connectivity index (χ2v) is 5.87. The van der Waals surface area contributed by atoms with Crippen LogP contribution >= 0.6 is 11.3 Å². The zero-order valence-electron chi connectivity index (χ0n) is 12.2. The van der Waals surface area contributed by atoms with Crippen LogP contribution in [0.4, 0.5) is 0 Å². The molecule has 1 atom stereocenters. The second-order valence-electron chi connectivity index (χ2n) is 4.93. The molecule has 116 valence electrons. The Morgan fingerprint density at radius 3 is 2.91 bits per heavy atom. The lowest BCUT2D eigenvalue weighted by Crippen LogP contribution is -2.27. The van der Waals surface area contributed by atoms with Gasteiger partial charge in [0.2, 0.25) is 0 Å². The molecule has 1 aromatic heterocycles. The van der Waals surface area contributed by atoms with E-state index in [-0.39, 0.29) is 11.9 Å². The third-order valence-electron chi connectivity index (χ3n) is 3.37. The Morgan fingerprint density at radius 1 is 1.41 bits per heavy atom. The Labute approximate surface area is 132 Å². The first-order valence-corrected chi connectivity index (χ1v) is 7.90. The van der Waals surface area contributed by atoms with E-state index in [1.807, 2.05) is 25.1 Å². The first-order chi connectivity index (χ1) is 10.7. The van der Waals surface area contributed by atoms with Crippen molar-refractivity contribution in [3.63, 3.8) is 0 Å². The van der Waals surface area contributed by atoms with Crippen LogP contribution in [-0.2, 0) is 6.54 Å². The number of ether oxygens (including phenoxy) is 2. The van der Waals surface area contributed by atoms with Gasteiger partial charge in [0.05, 0.1) is 6.04 Å². The predicted octanol–water partition coefficient (Wildman–Crippen LogP) is 1.86. The summed E-state index contributed by atoms with van der Waals surface area (Å²) in [5.41, 5.74) is 6.86. The van der Waals surface area contributed by atoms with Gasteiger partial charge < -0.3 is 20.5 Å². The highest BCUT2D eigenvalue weighted by Crippen LogP contribution is 2.32. The van der Waals surface area contributed by atoms with Crippen molar-refractivity contribution in [1.82, 2.24) is 10.3 Å². The molecule has 3 rings (SSSR count). The summed E-state index contributed by atoms with van der Waals surface area (Å²) in [6.07, 6.45) is 0. The van der Waals surface area contributed by atoms with Crippen LogP contribution in [0, 0.1) is 0 Å². The summed E-state index contributed by atoms with van der Waals surface area (Å²) in [4.78, 5) is 16.4. The first-order valence-electron chi connectivity index (χ1n) is 7.02. The van der Waals surface area contributed by atoms with Gasteiger partial charge in [0.15, 0.2) is 11.5 Å². The van der Waals surface area contributed by atoms with Gasteiger partial charge in [-0.3, -0.25) is 4.79 Å². The van der Waals surface area contributed by atoms with Crippen molar-refractivity contribution in [2.24, 2.45) is 5.73 Å². The lowest BCUT2D eigenvalue weighted by Gasteiger charge is -2.21. The maximum Gasteiger partial charge on any atom is 0.271 e. The lowest BCUT2D eigenvalue weighted by atomic mass is 10.1. The van der Waals surface area contributed by atoms with Crippen LogP contribution in [0.2, 0.25) is 0 Å². The number of thiazole rings is 1. The van der Waals surface area contributed by atoms with Crippen molar-refractivity contribution in [1.29, 1.82) is 0 Å². The number of nitrogens with one attached hydrogen (secondary N) is 1. The molecular weight excluding hydrogens is 302 g/mol. The Bertz CT molecular complexity index is 686. The Hall–Kier alpha value is -2.12.